The summed E-state index contributed by atoms with van der Waals surface area (Å²) in [6, 6.07) is 13.7. The Bertz CT molecular complexity index is 2250. The lowest BCUT2D eigenvalue weighted by atomic mass is 9.90. The Morgan fingerprint density at radius 3 is 2.00 bits per heavy atom. The lowest BCUT2D eigenvalue weighted by Crippen LogP contribution is -2.55. The van der Waals surface area contributed by atoms with Gasteiger partial charge in [0.05, 0.1) is 23.4 Å². The standard InChI is InChI=1S/C45H56N10O4/c1-29-38-28-47-45(50-42(38)55(35-5-3-4-6-35)44(59)41(29)30(2)56)48-39-13-11-36(27-46-39)52-21-17-33(18-22-52)51-19-15-34(16-20-51)54-25-23-53(24-26-54)32-9-7-31(8-10-32)37-12-14-40(57)49-43(37)58/h7-11,13,27-28,33-35,37H,3-6,12,14-26H2,1-2H3,(H,49,57,58)(H,46,47,48,50). The van der Waals surface area contributed by atoms with Crippen LogP contribution in [-0.4, -0.2) is 111 Å². The molecule has 3 aromatic heterocycles. The molecule has 1 saturated carbocycles. The van der Waals surface area contributed by atoms with Crippen molar-refractivity contribution in [3.63, 3.8) is 0 Å². The second kappa shape index (κ2) is 16.8. The van der Waals surface area contributed by atoms with Gasteiger partial charge in [-0.15, -0.1) is 0 Å². The molecule has 2 N–H and O–H groups in total. The highest BCUT2D eigenvalue weighted by Crippen LogP contribution is 2.33. The van der Waals surface area contributed by atoms with Gasteiger partial charge in [0.15, 0.2) is 5.78 Å². The van der Waals surface area contributed by atoms with Gasteiger partial charge in [0.25, 0.3) is 5.56 Å². The van der Waals surface area contributed by atoms with Crippen LogP contribution in [0, 0.1) is 6.92 Å². The van der Waals surface area contributed by atoms with Gasteiger partial charge in [-0.1, -0.05) is 25.0 Å². The summed E-state index contributed by atoms with van der Waals surface area (Å²) in [4.78, 5) is 74.4. The molecule has 0 spiro atoms. The quantitative estimate of drug-likeness (QED) is 0.167. The number of benzene rings is 1. The molecule has 7 heterocycles. The number of fused-ring (bicyclic) bond motifs is 1. The number of carbonyl (C=O) groups excluding carboxylic acids is 3. The van der Waals surface area contributed by atoms with E-state index in [4.69, 9.17) is 9.97 Å². The van der Waals surface area contributed by atoms with E-state index in [1.807, 2.05) is 19.2 Å². The molecular weight excluding hydrogens is 745 g/mol. The van der Waals surface area contributed by atoms with E-state index < -0.39 is 0 Å². The Morgan fingerprint density at radius 2 is 1.36 bits per heavy atom. The van der Waals surface area contributed by atoms with Crippen LogP contribution in [-0.2, 0) is 9.59 Å². The number of ketones is 1. The van der Waals surface area contributed by atoms with Crippen LogP contribution < -0.4 is 26.0 Å². The molecule has 0 radical (unpaired) electrons. The summed E-state index contributed by atoms with van der Waals surface area (Å²) in [5.74, 6) is 0.195. The van der Waals surface area contributed by atoms with Crippen LogP contribution in [0.5, 0.6) is 0 Å². The topological polar surface area (TPSA) is 149 Å². The van der Waals surface area contributed by atoms with Gasteiger partial charge in [-0.25, -0.2) is 9.97 Å². The minimum atomic E-state index is -0.254. The maximum Gasteiger partial charge on any atom is 0.263 e. The Balaban J connectivity index is 0.742. The van der Waals surface area contributed by atoms with E-state index in [9.17, 15) is 19.2 Å². The molecule has 4 aromatic rings. The zero-order valence-electron chi connectivity index (χ0n) is 34.4. The SMILES string of the molecule is CC(=O)c1c(C)c2cnc(Nc3ccc(N4CCC(N5CCC(N6CCN(c7ccc(C8CCC(=O)NC8=O)cc7)CC6)CC5)CC4)cn3)nc2n(C2CCCC2)c1=O. The van der Waals surface area contributed by atoms with Crippen molar-refractivity contribution < 1.29 is 14.4 Å². The lowest BCUT2D eigenvalue weighted by Gasteiger charge is -2.46. The highest BCUT2D eigenvalue weighted by Gasteiger charge is 2.33. The summed E-state index contributed by atoms with van der Waals surface area (Å²) in [7, 11) is 0. The van der Waals surface area contributed by atoms with E-state index in [0.717, 1.165) is 108 Å². The third kappa shape index (κ3) is 8.08. The van der Waals surface area contributed by atoms with Crippen molar-refractivity contribution in [2.24, 2.45) is 0 Å². The van der Waals surface area contributed by atoms with Crippen LogP contribution in [0.4, 0.5) is 23.1 Å². The van der Waals surface area contributed by atoms with Gasteiger partial charge in [-0.3, -0.25) is 34.0 Å². The molecule has 59 heavy (non-hydrogen) atoms. The molecule has 0 bridgehead atoms. The number of piperidine rings is 3. The van der Waals surface area contributed by atoms with Crippen molar-refractivity contribution in [3.8, 4) is 0 Å². The molecule has 9 rings (SSSR count). The number of hydrogen-bond acceptors (Lipinski definition) is 12. The fourth-order valence-corrected chi connectivity index (χ4v) is 10.5. The second-order valence-corrected chi connectivity index (χ2v) is 17.2. The Labute approximate surface area is 345 Å². The predicted octanol–water partition coefficient (Wildman–Crippen LogP) is 5.33. The normalized spacial score (nSPS) is 22.0. The van der Waals surface area contributed by atoms with Gasteiger partial charge in [0, 0.05) is 81.1 Å². The van der Waals surface area contributed by atoms with Crippen LogP contribution in [0.15, 0.2) is 53.6 Å². The first-order valence-corrected chi connectivity index (χ1v) is 21.8. The molecular formula is C45H56N10O4. The van der Waals surface area contributed by atoms with Gasteiger partial charge in [-0.05, 0) is 107 Å². The number of anilines is 4. The number of carbonyl (C=O) groups is 3. The molecule has 4 saturated heterocycles. The highest BCUT2D eigenvalue weighted by atomic mass is 16.2. The van der Waals surface area contributed by atoms with E-state index in [1.165, 1.54) is 25.5 Å². The number of hydrogen-bond donors (Lipinski definition) is 2. The fourth-order valence-electron chi connectivity index (χ4n) is 10.5. The number of piperazine rings is 1. The van der Waals surface area contributed by atoms with Crippen LogP contribution in [0.1, 0.15) is 105 Å². The first-order chi connectivity index (χ1) is 28.7. The van der Waals surface area contributed by atoms with Crippen molar-refractivity contribution in [2.75, 3.05) is 67.5 Å². The lowest BCUT2D eigenvalue weighted by molar-refractivity contribution is -0.134. The van der Waals surface area contributed by atoms with Crippen molar-refractivity contribution in [1.29, 1.82) is 0 Å². The number of likely N-dealkylation sites (tertiary alicyclic amines) is 1. The number of aryl methyl sites for hydroxylation is 1. The number of pyridine rings is 2. The van der Waals surface area contributed by atoms with E-state index in [2.05, 4.69) is 65.5 Å². The van der Waals surface area contributed by atoms with Crippen LogP contribution in [0.3, 0.4) is 0 Å². The number of nitrogens with zero attached hydrogens (tertiary/aromatic N) is 8. The molecule has 1 aliphatic carbocycles. The predicted molar refractivity (Wildman–Crippen MR) is 229 cm³/mol. The molecule has 14 heteroatoms. The van der Waals surface area contributed by atoms with Crippen LogP contribution >= 0.6 is 0 Å². The second-order valence-electron chi connectivity index (χ2n) is 17.2. The highest BCUT2D eigenvalue weighted by molar-refractivity contribution is 6.01. The smallest absolute Gasteiger partial charge is 0.263 e. The van der Waals surface area contributed by atoms with E-state index >= 15 is 0 Å². The van der Waals surface area contributed by atoms with Crippen LogP contribution in [0.25, 0.3) is 11.0 Å². The van der Waals surface area contributed by atoms with Gasteiger partial charge in [0.1, 0.15) is 11.5 Å². The fraction of sp³-hybridized carbons (Fsp3) is 0.533. The number of nitrogens with one attached hydrogen (secondary N) is 2. The van der Waals surface area contributed by atoms with Gasteiger partial charge in [-0.2, -0.15) is 4.98 Å². The molecule has 1 aromatic carbocycles. The number of imide groups is 1. The molecule has 5 fully saturated rings. The van der Waals surface area contributed by atoms with Gasteiger partial charge >= 0.3 is 0 Å². The van der Waals surface area contributed by atoms with E-state index in [-0.39, 0.29) is 40.7 Å². The van der Waals surface area contributed by atoms with Crippen molar-refractivity contribution >= 4 is 51.8 Å². The zero-order chi connectivity index (χ0) is 40.6. The summed E-state index contributed by atoms with van der Waals surface area (Å²) in [6.07, 6.45) is 13.3. The van der Waals surface area contributed by atoms with Crippen molar-refractivity contribution in [1.82, 2.24) is 34.6 Å². The van der Waals surface area contributed by atoms with E-state index in [0.29, 0.717) is 47.9 Å². The largest absolute Gasteiger partial charge is 0.370 e. The zero-order valence-corrected chi connectivity index (χ0v) is 34.4. The summed E-state index contributed by atoms with van der Waals surface area (Å²) in [6.45, 7) is 11.7. The third-order valence-electron chi connectivity index (χ3n) is 13.8. The molecule has 1 unspecified atom stereocenters. The molecule has 4 aliphatic heterocycles. The Morgan fingerprint density at radius 1 is 0.712 bits per heavy atom. The van der Waals surface area contributed by atoms with Gasteiger partial charge in [0.2, 0.25) is 17.8 Å². The number of amides is 2. The minimum absolute atomic E-state index is 0.0285. The van der Waals surface area contributed by atoms with Crippen molar-refractivity contribution in [2.45, 2.75) is 102 Å². The Kier molecular flexibility index (Phi) is 11.2. The third-order valence-corrected chi connectivity index (χ3v) is 13.8. The average Bonchev–Trinajstić information content (AvgIpc) is 3.79. The molecule has 310 valence electrons. The average molecular weight is 801 g/mol. The number of aromatic nitrogens is 4. The molecule has 2 amide bonds. The molecule has 5 aliphatic rings. The summed E-state index contributed by atoms with van der Waals surface area (Å²) >= 11 is 0. The first-order valence-electron chi connectivity index (χ1n) is 21.8. The summed E-state index contributed by atoms with van der Waals surface area (Å²) in [5, 5.41) is 6.46. The summed E-state index contributed by atoms with van der Waals surface area (Å²) < 4.78 is 1.74. The Hall–Kier alpha value is -5.21. The summed E-state index contributed by atoms with van der Waals surface area (Å²) in [5.41, 5.74) is 4.48. The minimum Gasteiger partial charge on any atom is -0.370 e. The molecule has 14 nitrogen and oxygen atoms in total. The molecule has 1 atom stereocenters. The van der Waals surface area contributed by atoms with Gasteiger partial charge < -0.3 is 20.0 Å². The van der Waals surface area contributed by atoms with E-state index in [1.54, 1.807) is 10.8 Å². The monoisotopic (exact) mass is 800 g/mol. The maximum absolute atomic E-state index is 13.6. The number of Topliss-reactive ketones (excluding diaryl/α,β-unsaturated/α-hetero) is 1. The maximum atomic E-state index is 13.6. The first kappa shape index (κ1) is 39.3. The van der Waals surface area contributed by atoms with Crippen LogP contribution in [0.2, 0.25) is 0 Å². The number of rotatable bonds is 9. The van der Waals surface area contributed by atoms with Crippen molar-refractivity contribution in [3.05, 3.63) is 75.8 Å².